The molecule has 0 saturated heterocycles. The van der Waals surface area contributed by atoms with Gasteiger partial charge in [-0.25, -0.2) is 0 Å². The zero-order chi connectivity index (χ0) is 7.11. The predicted octanol–water partition coefficient (Wildman–Crippen LogP) is 2.94. The largest absolute Gasteiger partial charge is 0.107 e. The van der Waals surface area contributed by atoms with Crippen LogP contribution < -0.4 is 0 Å². The van der Waals surface area contributed by atoms with Crippen molar-refractivity contribution in [1.29, 1.82) is 0 Å². The molecule has 53 valence electrons. The van der Waals surface area contributed by atoms with E-state index in [1.165, 1.54) is 12.8 Å². The molecule has 0 aromatic carbocycles. The van der Waals surface area contributed by atoms with Gasteiger partial charge in [-0.05, 0) is 6.42 Å². The van der Waals surface area contributed by atoms with Crippen LogP contribution in [0.3, 0.4) is 0 Å². The SMILES string of the molecule is [Si]CCCCCC(Cl)Cl. The molecule has 0 aromatic heterocycles. The Labute approximate surface area is 70.3 Å². The number of alkyl halides is 2. The molecular formula is C6H11Cl2Si. The molecule has 0 atom stereocenters. The summed E-state index contributed by atoms with van der Waals surface area (Å²) in [6.07, 6.45) is 4.51. The van der Waals surface area contributed by atoms with Crippen LogP contribution in [0.4, 0.5) is 0 Å². The highest BCUT2D eigenvalue weighted by Gasteiger charge is 1.96. The summed E-state index contributed by atoms with van der Waals surface area (Å²) >= 11 is 11.0. The van der Waals surface area contributed by atoms with Crippen LogP contribution in [0.5, 0.6) is 0 Å². The summed E-state index contributed by atoms with van der Waals surface area (Å²) in [5.74, 6) is 0. The first kappa shape index (κ1) is 9.80. The number of rotatable bonds is 5. The second-order valence-electron chi connectivity index (χ2n) is 1.99. The molecule has 0 N–H and O–H groups in total. The normalized spacial score (nSPS) is 10.7. The summed E-state index contributed by atoms with van der Waals surface area (Å²) in [7, 11) is 3.39. The highest BCUT2D eigenvalue weighted by atomic mass is 35.5. The third-order valence-electron chi connectivity index (χ3n) is 1.10. The van der Waals surface area contributed by atoms with Gasteiger partial charge in [-0.1, -0.05) is 25.3 Å². The van der Waals surface area contributed by atoms with Gasteiger partial charge in [0.25, 0.3) is 0 Å². The van der Waals surface area contributed by atoms with Crippen LogP contribution in [0.25, 0.3) is 0 Å². The molecular weight excluding hydrogens is 171 g/mol. The second kappa shape index (κ2) is 6.91. The molecule has 9 heavy (non-hydrogen) atoms. The summed E-state index contributed by atoms with van der Waals surface area (Å²) < 4.78 is 0. The summed E-state index contributed by atoms with van der Waals surface area (Å²) in [6, 6.07) is 1.08. The fraction of sp³-hybridized carbons (Fsp3) is 1.00. The van der Waals surface area contributed by atoms with Crippen molar-refractivity contribution in [2.75, 3.05) is 0 Å². The first-order valence-corrected chi connectivity index (χ1v) is 4.78. The van der Waals surface area contributed by atoms with Crippen molar-refractivity contribution in [3.63, 3.8) is 0 Å². The Morgan fingerprint density at radius 3 is 2.22 bits per heavy atom. The van der Waals surface area contributed by atoms with Gasteiger partial charge >= 0.3 is 0 Å². The third-order valence-corrected chi connectivity index (χ3v) is 1.89. The Hall–Kier alpha value is 0.797. The van der Waals surface area contributed by atoms with Crippen LogP contribution in [0, 0.1) is 0 Å². The summed E-state index contributed by atoms with van der Waals surface area (Å²) in [6.45, 7) is 0. The standard InChI is InChI=1S/C6H11Cl2Si/c7-6(8)4-2-1-3-5-9/h6H,1-5H2. The Morgan fingerprint density at radius 1 is 1.11 bits per heavy atom. The minimum absolute atomic E-state index is 0.167. The van der Waals surface area contributed by atoms with E-state index in [2.05, 4.69) is 10.2 Å². The highest BCUT2D eigenvalue weighted by Crippen LogP contribution is 2.12. The minimum atomic E-state index is -0.167. The molecule has 0 aliphatic heterocycles. The van der Waals surface area contributed by atoms with E-state index < -0.39 is 0 Å². The molecule has 0 unspecified atom stereocenters. The second-order valence-corrected chi connectivity index (χ2v) is 3.77. The third kappa shape index (κ3) is 8.80. The summed E-state index contributed by atoms with van der Waals surface area (Å²) in [5, 5.41) is 0. The fourth-order valence-corrected chi connectivity index (χ4v) is 1.16. The molecule has 3 heteroatoms. The maximum atomic E-state index is 5.51. The van der Waals surface area contributed by atoms with E-state index in [1.54, 1.807) is 0 Å². The van der Waals surface area contributed by atoms with Crippen LogP contribution in [0.2, 0.25) is 6.04 Å². The number of hydrogen-bond acceptors (Lipinski definition) is 0. The quantitative estimate of drug-likeness (QED) is 0.348. The topological polar surface area (TPSA) is 0 Å². The molecule has 0 aliphatic carbocycles. The van der Waals surface area contributed by atoms with Gasteiger partial charge in [0.15, 0.2) is 0 Å². The van der Waals surface area contributed by atoms with E-state index >= 15 is 0 Å². The van der Waals surface area contributed by atoms with Crippen molar-refractivity contribution in [1.82, 2.24) is 0 Å². The lowest BCUT2D eigenvalue weighted by atomic mass is 10.2. The zero-order valence-corrected chi connectivity index (χ0v) is 7.88. The molecule has 3 radical (unpaired) electrons. The van der Waals surface area contributed by atoms with Crippen molar-refractivity contribution in [2.45, 2.75) is 36.6 Å². The minimum Gasteiger partial charge on any atom is -0.105 e. The zero-order valence-electron chi connectivity index (χ0n) is 5.37. The van der Waals surface area contributed by atoms with Crippen LogP contribution in [0.1, 0.15) is 25.7 Å². The van der Waals surface area contributed by atoms with E-state index in [-0.39, 0.29) is 4.84 Å². The highest BCUT2D eigenvalue weighted by molar-refractivity contribution is 6.44. The molecule has 0 heterocycles. The molecule has 0 spiro atoms. The Bertz CT molecular complexity index is 57.0. The van der Waals surface area contributed by atoms with E-state index in [9.17, 15) is 0 Å². The van der Waals surface area contributed by atoms with E-state index in [0.29, 0.717) is 0 Å². The van der Waals surface area contributed by atoms with Crippen LogP contribution >= 0.6 is 23.2 Å². The average Bonchev–Trinajstić information content (AvgIpc) is 1.80. The van der Waals surface area contributed by atoms with Gasteiger partial charge in [0, 0.05) is 10.2 Å². The average molecular weight is 182 g/mol. The Kier molecular flexibility index (Phi) is 7.52. The smallest absolute Gasteiger partial charge is 0.105 e. The van der Waals surface area contributed by atoms with Gasteiger partial charge in [0.1, 0.15) is 4.84 Å². The molecule has 0 amide bonds. The van der Waals surface area contributed by atoms with Crippen LogP contribution in [-0.4, -0.2) is 15.1 Å². The fourth-order valence-electron chi connectivity index (χ4n) is 0.600. The van der Waals surface area contributed by atoms with Gasteiger partial charge in [-0.2, -0.15) is 0 Å². The summed E-state index contributed by atoms with van der Waals surface area (Å²) in [4.78, 5) is -0.167. The number of halogens is 2. The lowest BCUT2D eigenvalue weighted by molar-refractivity contribution is 0.692. The number of unbranched alkanes of at least 4 members (excludes halogenated alkanes) is 2. The maximum absolute atomic E-state index is 5.51. The van der Waals surface area contributed by atoms with Crippen molar-refractivity contribution >= 4 is 33.4 Å². The van der Waals surface area contributed by atoms with Crippen molar-refractivity contribution in [3.8, 4) is 0 Å². The number of hydrogen-bond donors (Lipinski definition) is 0. The van der Waals surface area contributed by atoms with Crippen molar-refractivity contribution < 1.29 is 0 Å². The van der Waals surface area contributed by atoms with E-state index in [4.69, 9.17) is 23.2 Å². The van der Waals surface area contributed by atoms with Crippen molar-refractivity contribution in [2.24, 2.45) is 0 Å². The lowest BCUT2D eigenvalue weighted by Gasteiger charge is -1.98. The predicted molar refractivity (Wildman–Crippen MR) is 44.5 cm³/mol. The maximum Gasteiger partial charge on any atom is 0.107 e. The van der Waals surface area contributed by atoms with Gasteiger partial charge in [-0.3, -0.25) is 0 Å². The Morgan fingerprint density at radius 2 is 1.78 bits per heavy atom. The van der Waals surface area contributed by atoms with Gasteiger partial charge in [0.2, 0.25) is 0 Å². The van der Waals surface area contributed by atoms with E-state index in [1.807, 2.05) is 0 Å². The molecule has 0 aromatic rings. The van der Waals surface area contributed by atoms with Gasteiger partial charge in [0.05, 0.1) is 0 Å². The Balaban J connectivity index is 2.75. The molecule has 0 fully saturated rings. The molecule has 0 aliphatic rings. The molecule has 0 rings (SSSR count). The summed E-state index contributed by atoms with van der Waals surface area (Å²) in [5.41, 5.74) is 0. The first-order chi connectivity index (χ1) is 4.27. The van der Waals surface area contributed by atoms with E-state index in [0.717, 1.165) is 18.9 Å². The lowest BCUT2D eigenvalue weighted by Crippen LogP contribution is -1.86. The first-order valence-electron chi connectivity index (χ1n) is 3.20. The van der Waals surface area contributed by atoms with Gasteiger partial charge in [-0.15, -0.1) is 23.2 Å². The molecule has 0 saturated carbocycles. The monoisotopic (exact) mass is 181 g/mol. The molecule has 0 bridgehead atoms. The van der Waals surface area contributed by atoms with Crippen molar-refractivity contribution in [3.05, 3.63) is 0 Å². The van der Waals surface area contributed by atoms with Gasteiger partial charge < -0.3 is 0 Å². The molecule has 0 nitrogen and oxygen atoms in total. The van der Waals surface area contributed by atoms with Crippen LogP contribution in [0.15, 0.2) is 0 Å². The van der Waals surface area contributed by atoms with Crippen LogP contribution in [-0.2, 0) is 0 Å².